The number of para-hydroxylation sites is 1. The van der Waals surface area contributed by atoms with E-state index >= 15 is 0 Å². The van der Waals surface area contributed by atoms with Gasteiger partial charge in [0.1, 0.15) is 0 Å². The molecule has 1 aliphatic heterocycles. The average molecular weight is 289 g/mol. The topological polar surface area (TPSA) is 53.8 Å². The predicted octanol–water partition coefficient (Wildman–Crippen LogP) is 3.52. The van der Waals surface area contributed by atoms with Crippen molar-refractivity contribution in [3.63, 3.8) is 0 Å². The van der Waals surface area contributed by atoms with Crippen LogP contribution in [-0.2, 0) is 4.79 Å². The molecule has 22 heavy (non-hydrogen) atoms. The normalized spacial score (nSPS) is 16.1. The molecule has 3 rings (SSSR count). The minimum atomic E-state index is -0.219. The maximum atomic E-state index is 11.9. The van der Waals surface area contributed by atoms with Gasteiger partial charge in [-0.1, -0.05) is 54.6 Å². The molecular weight excluding hydrogens is 274 g/mol. The van der Waals surface area contributed by atoms with Gasteiger partial charge >= 0.3 is 0 Å². The average Bonchev–Trinajstić information content (AvgIpc) is 2.84. The van der Waals surface area contributed by atoms with Crippen LogP contribution in [0, 0.1) is 0 Å². The molecule has 4 heteroatoms. The van der Waals surface area contributed by atoms with Gasteiger partial charge in [0.25, 0.3) is 5.91 Å². The van der Waals surface area contributed by atoms with Crippen molar-refractivity contribution in [1.29, 1.82) is 0 Å². The molecule has 1 aliphatic rings. The maximum Gasteiger partial charge on any atom is 0.276 e. The lowest BCUT2D eigenvalue weighted by molar-refractivity contribution is -0.110. The summed E-state index contributed by atoms with van der Waals surface area (Å²) in [7, 11) is 0. The number of fused-ring (bicyclic) bond motifs is 1. The van der Waals surface area contributed by atoms with Gasteiger partial charge in [0.05, 0.1) is 11.9 Å². The van der Waals surface area contributed by atoms with E-state index in [1.165, 1.54) is 0 Å². The molecule has 4 nitrogen and oxygen atoms in total. The first-order valence-electron chi connectivity index (χ1n) is 6.99. The number of hydrogen-bond donors (Lipinski definition) is 1. The summed E-state index contributed by atoms with van der Waals surface area (Å²) in [6.45, 7) is 1.94. The third kappa shape index (κ3) is 3.01. The minimum absolute atomic E-state index is 0.219. The van der Waals surface area contributed by atoms with Gasteiger partial charge in [-0.3, -0.25) is 4.79 Å². The molecule has 0 unspecified atom stereocenters. The van der Waals surface area contributed by atoms with Crippen LogP contribution in [0.4, 0.5) is 5.69 Å². The lowest BCUT2D eigenvalue weighted by atomic mass is 10.1. The zero-order valence-corrected chi connectivity index (χ0v) is 12.2. The fourth-order valence-electron chi connectivity index (χ4n) is 2.23. The molecule has 2 aromatic carbocycles. The SMILES string of the molecule is CC(=C/c1ccccc1)/C=N/N=C1C(=O)Nc2ccccc21. The van der Waals surface area contributed by atoms with Gasteiger partial charge < -0.3 is 5.32 Å². The molecule has 0 saturated heterocycles. The first-order chi connectivity index (χ1) is 10.7. The summed E-state index contributed by atoms with van der Waals surface area (Å²) in [5, 5.41) is 10.9. The van der Waals surface area contributed by atoms with Crippen LogP contribution in [0.3, 0.4) is 0 Å². The second kappa shape index (κ2) is 6.18. The molecule has 1 heterocycles. The summed E-state index contributed by atoms with van der Waals surface area (Å²) in [5.74, 6) is -0.219. The number of amides is 1. The van der Waals surface area contributed by atoms with E-state index in [1.54, 1.807) is 6.21 Å². The van der Waals surface area contributed by atoms with Gasteiger partial charge in [-0.2, -0.15) is 5.10 Å². The first-order valence-corrected chi connectivity index (χ1v) is 6.99. The van der Waals surface area contributed by atoms with Crippen molar-refractivity contribution < 1.29 is 4.79 Å². The summed E-state index contributed by atoms with van der Waals surface area (Å²) in [6, 6.07) is 17.4. The molecule has 0 bridgehead atoms. The summed E-state index contributed by atoms with van der Waals surface area (Å²) >= 11 is 0. The van der Waals surface area contributed by atoms with Crippen molar-refractivity contribution in [3.05, 3.63) is 71.3 Å². The zero-order chi connectivity index (χ0) is 15.4. The number of benzene rings is 2. The number of carbonyl (C=O) groups is 1. The quantitative estimate of drug-likeness (QED) is 0.682. The molecule has 1 amide bonds. The highest BCUT2D eigenvalue weighted by molar-refractivity contribution is 6.53. The largest absolute Gasteiger partial charge is 0.320 e. The summed E-state index contributed by atoms with van der Waals surface area (Å²) in [4.78, 5) is 11.9. The summed E-state index contributed by atoms with van der Waals surface area (Å²) in [5.41, 5.74) is 3.97. The van der Waals surface area contributed by atoms with E-state index in [0.717, 1.165) is 22.4 Å². The molecule has 0 saturated carbocycles. The van der Waals surface area contributed by atoms with Gasteiger partial charge in [-0.25, -0.2) is 0 Å². The van der Waals surface area contributed by atoms with Crippen LogP contribution in [-0.4, -0.2) is 17.8 Å². The van der Waals surface area contributed by atoms with E-state index in [9.17, 15) is 4.79 Å². The van der Waals surface area contributed by atoms with Crippen molar-refractivity contribution >= 4 is 29.6 Å². The van der Waals surface area contributed by atoms with Crippen LogP contribution in [0.1, 0.15) is 18.1 Å². The van der Waals surface area contributed by atoms with Crippen molar-refractivity contribution in [2.24, 2.45) is 10.2 Å². The van der Waals surface area contributed by atoms with Crippen molar-refractivity contribution in [2.75, 3.05) is 5.32 Å². The fourth-order valence-corrected chi connectivity index (χ4v) is 2.23. The molecule has 0 spiro atoms. The highest BCUT2D eigenvalue weighted by Gasteiger charge is 2.25. The molecule has 0 atom stereocenters. The number of carbonyl (C=O) groups excluding carboxylic acids is 1. The second-order valence-electron chi connectivity index (χ2n) is 4.99. The number of rotatable bonds is 3. The van der Waals surface area contributed by atoms with Crippen molar-refractivity contribution in [3.8, 4) is 0 Å². The van der Waals surface area contributed by atoms with Gasteiger partial charge in [0.15, 0.2) is 5.71 Å². The Balaban J connectivity index is 1.79. The van der Waals surface area contributed by atoms with Crippen LogP contribution in [0.25, 0.3) is 6.08 Å². The lowest BCUT2D eigenvalue weighted by Crippen LogP contribution is -2.13. The maximum absolute atomic E-state index is 11.9. The third-order valence-corrected chi connectivity index (χ3v) is 3.26. The van der Waals surface area contributed by atoms with Crippen molar-refractivity contribution in [1.82, 2.24) is 0 Å². The molecule has 0 aromatic heterocycles. The molecule has 1 N–H and O–H groups in total. The minimum Gasteiger partial charge on any atom is -0.320 e. The van der Waals surface area contributed by atoms with Crippen LogP contribution in [0.2, 0.25) is 0 Å². The Kier molecular flexibility index (Phi) is 3.92. The highest BCUT2D eigenvalue weighted by atomic mass is 16.2. The summed E-state index contributed by atoms with van der Waals surface area (Å²) < 4.78 is 0. The van der Waals surface area contributed by atoms with Gasteiger partial charge in [-0.05, 0) is 24.1 Å². The zero-order valence-electron chi connectivity index (χ0n) is 12.2. The molecular formula is C18H15N3O. The van der Waals surface area contributed by atoms with Gasteiger partial charge in [0.2, 0.25) is 0 Å². The molecule has 0 radical (unpaired) electrons. The lowest BCUT2D eigenvalue weighted by Gasteiger charge is -1.94. The van der Waals surface area contributed by atoms with E-state index in [1.807, 2.05) is 67.6 Å². The predicted molar refractivity (Wildman–Crippen MR) is 90.2 cm³/mol. The Labute approximate surface area is 128 Å². The van der Waals surface area contributed by atoms with Crippen LogP contribution < -0.4 is 5.32 Å². The first kappa shape index (κ1) is 13.9. The summed E-state index contributed by atoms with van der Waals surface area (Å²) in [6.07, 6.45) is 3.65. The third-order valence-electron chi connectivity index (χ3n) is 3.26. The van der Waals surface area contributed by atoms with Crippen LogP contribution in [0.15, 0.2) is 70.4 Å². The Morgan fingerprint density at radius 2 is 1.77 bits per heavy atom. The van der Waals surface area contributed by atoms with Crippen LogP contribution in [0.5, 0.6) is 0 Å². The standard InChI is InChI=1S/C18H15N3O/c1-13(11-14-7-3-2-4-8-14)12-19-21-17-15-9-5-6-10-16(15)20-18(17)22/h2-12H,1H3,(H,20,21,22)/b13-11-,19-12+. The Morgan fingerprint density at radius 1 is 1.05 bits per heavy atom. The van der Waals surface area contributed by atoms with Gasteiger partial charge in [0, 0.05) is 5.56 Å². The van der Waals surface area contributed by atoms with E-state index in [-0.39, 0.29) is 5.91 Å². The van der Waals surface area contributed by atoms with E-state index in [0.29, 0.717) is 5.71 Å². The smallest absolute Gasteiger partial charge is 0.276 e. The molecule has 0 fully saturated rings. The van der Waals surface area contributed by atoms with E-state index in [4.69, 9.17) is 0 Å². The monoisotopic (exact) mass is 289 g/mol. The Hall–Kier alpha value is -3.01. The Bertz CT molecular complexity index is 789. The van der Waals surface area contributed by atoms with E-state index in [2.05, 4.69) is 15.5 Å². The van der Waals surface area contributed by atoms with E-state index < -0.39 is 0 Å². The van der Waals surface area contributed by atoms with Crippen molar-refractivity contribution in [2.45, 2.75) is 6.92 Å². The second-order valence-corrected chi connectivity index (χ2v) is 4.99. The number of nitrogens with one attached hydrogen (secondary N) is 1. The van der Waals surface area contributed by atoms with Gasteiger partial charge in [-0.15, -0.1) is 5.10 Å². The number of hydrogen-bond acceptors (Lipinski definition) is 3. The Morgan fingerprint density at radius 3 is 2.59 bits per heavy atom. The number of allylic oxidation sites excluding steroid dienone is 1. The molecule has 0 aliphatic carbocycles. The molecule has 2 aromatic rings. The number of nitrogens with zero attached hydrogens (tertiary/aromatic N) is 2. The fraction of sp³-hybridized carbons (Fsp3) is 0.0556. The number of anilines is 1. The molecule has 108 valence electrons. The van der Waals surface area contributed by atoms with Crippen LogP contribution >= 0.6 is 0 Å². The highest BCUT2D eigenvalue weighted by Crippen LogP contribution is 2.22.